The Kier molecular flexibility index (Phi) is 3.69. The number of likely N-dealkylation sites (N-methyl/N-ethyl adjacent to an activating group) is 1. The lowest BCUT2D eigenvalue weighted by Crippen LogP contribution is -2.34. The van der Waals surface area contributed by atoms with Gasteiger partial charge in [0.15, 0.2) is 0 Å². The molecule has 0 saturated carbocycles. The summed E-state index contributed by atoms with van der Waals surface area (Å²) in [5.41, 5.74) is 1.98. The summed E-state index contributed by atoms with van der Waals surface area (Å²) in [5, 5.41) is 8.28. The molecule has 0 fully saturated rings. The summed E-state index contributed by atoms with van der Waals surface area (Å²) < 4.78 is 3.51. The monoisotopic (exact) mass is 261 g/mol. The second-order valence-electron chi connectivity index (χ2n) is 4.73. The largest absolute Gasteiger partial charge is 0.338 e. The van der Waals surface area contributed by atoms with Gasteiger partial charge in [-0.3, -0.25) is 14.2 Å². The summed E-state index contributed by atoms with van der Waals surface area (Å²) in [5.74, 6) is 0.0352. The minimum atomic E-state index is -0.298. The van der Waals surface area contributed by atoms with Gasteiger partial charge in [-0.05, 0) is 26.0 Å². The molecule has 0 aromatic carbocycles. The van der Waals surface area contributed by atoms with Crippen molar-refractivity contribution in [2.24, 2.45) is 7.05 Å². The molecule has 1 unspecified atom stereocenters. The van der Waals surface area contributed by atoms with E-state index < -0.39 is 0 Å². The van der Waals surface area contributed by atoms with Crippen molar-refractivity contribution < 1.29 is 4.79 Å². The quantitative estimate of drug-likeness (QED) is 0.829. The molecule has 2 heterocycles. The van der Waals surface area contributed by atoms with E-state index in [9.17, 15) is 4.79 Å². The Morgan fingerprint density at radius 2 is 2.05 bits per heavy atom. The molecule has 0 N–H and O–H groups in total. The number of aromatic nitrogens is 4. The summed E-state index contributed by atoms with van der Waals surface area (Å²) in [6.07, 6.45) is 3.44. The number of hydrogen-bond donors (Lipinski definition) is 0. The zero-order chi connectivity index (χ0) is 14.0. The molecule has 2 aromatic rings. The van der Waals surface area contributed by atoms with Crippen LogP contribution in [0.15, 0.2) is 24.5 Å². The molecule has 2 aromatic heterocycles. The van der Waals surface area contributed by atoms with Crippen LogP contribution in [0.1, 0.15) is 24.4 Å². The number of aryl methyl sites for hydroxylation is 2. The topological polar surface area (TPSA) is 56.0 Å². The predicted molar refractivity (Wildman–Crippen MR) is 71.4 cm³/mol. The van der Waals surface area contributed by atoms with Gasteiger partial charge < -0.3 is 4.90 Å². The number of nitrogens with zero attached hydrogens (tertiary/aromatic N) is 5. The van der Waals surface area contributed by atoms with E-state index in [0.717, 1.165) is 11.4 Å². The van der Waals surface area contributed by atoms with Gasteiger partial charge >= 0.3 is 0 Å². The van der Waals surface area contributed by atoms with E-state index >= 15 is 0 Å². The Labute approximate surface area is 112 Å². The van der Waals surface area contributed by atoms with Crippen molar-refractivity contribution in [3.8, 4) is 0 Å². The Morgan fingerprint density at radius 3 is 2.58 bits per heavy atom. The fourth-order valence-electron chi connectivity index (χ4n) is 2.09. The van der Waals surface area contributed by atoms with Crippen molar-refractivity contribution in [3.05, 3.63) is 35.9 Å². The molecule has 0 aliphatic heterocycles. The first-order valence-corrected chi connectivity index (χ1v) is 6.22. The first-order valence-electron chi connectivity index (χ1n) is 6.22. The number of amides is 1. The van der Waals surface area contributed by atoms with Gasteiger partial charge in [0.1, 0.15) is 6.04 Å². The second kappa shape index (κ2) is 5.26. The van der Waals surface area contributed by atoms with E-state index in [1.807, 2.05) is 33.0 Å². The molecular weight excluding hydrogens is 242 g/mol. The molecule has 0 spiro atoms. The molecule has 1 atom stereocenters. The lowest BCUT2D eigenvalue weighted by molar-refractivity contribution is -0.133. The van der Waals surface area contributed by atoms with Crippen molar-refractivity contribution in [1.29, 1.82) is 0 Å². The van der Waals surface area contributed by atoms with E-state index in [1.165, 1.54) is 0 Å². The smallest absolute Gasteiger partial charge is 0.247 e. The van der Waals surface area contributed by atoms with Crippen LogP contribution in [0.3, 0.4) is 0 Å². The minimum Gasteiger partial charge on any atom is -0.338 e. The number of hydrogen-bond acceptors (Lipinski definition) is 3. The van der Waals surface area contributed by atoms with Crippen molar-refractivity contribution in [2.75, 3.05) is 7.05 Å². The van der Waals surface area contributed by atoms with E-state index in [0.29, 0.717) is 6.54 Å². The normalized spacial score (nSPS) is 12.4. The van der Waals surface area contributed by atoms with E-state index in [1.54, 1.807) is 33.7 Å². The molecule has 19 heavy (non-hydrogen) atoms. The molecular formula is C13H19N5O. The highest BCUT2D eigenvalue weighted by Gasteiger charge is 2.21. The van der Waals surface area contributed by atoms with Gasteiger partial charge in [0.05, 0.1) is 12.2 Å². The summed E-state index contributed by atoms with van der Waals surface area (Å²) in [6, 6.07) is 3.51. The van der Waals surface area contributed by atoms with Crippen LogP contribution >= 0.6 is 0 Å². The van der Waals surface area contributed by atoms with Gasteiger partial charge in [-0.2, -0.15) is 10.2 Å². The van der Waals surface area contributed by atoms with Crippen molar-refractivity contribution in [1.82, 2.24) is 24.5 Å². The number of carbonyl (C=O) groups is 1. The van der Waals surface area contributed by atoms with Crippen LogP contribution < -0.4 is 0 Å². The zero-order valence-corrected chi connectivity index (χ0v) is 11.7. The highest BCUT2D eigenvalue weighted by molar-refractivity contribution is 5.79. The highest BCUT2D eigenvalue weighted by Crippen LogP contribution is 2.12. The van der Waals surface area contributed by atoms with E-state index in [2.05, 4.69) is 10.2 Å². The minimum absolute atomic E-state index is 0.0352. The fourth-order valence-corrected chi connectivity index (χ4v) is 2.09. The van der Waals surface area contributed by atoms with Crippen LogP contribution in [0.25, 0.3) is 0 Å². The second-order valence-corrected chi connectivity index (χ2v) is 4.73. The fraction of sp³-hybridized carbons (Fsp3) is 0.462. The van der Waals surface area contributed by atoms with Crippen LogP contribution in [0.2, 0.25) is 0 Å². The zero-order valence-electron chi connectivity index (χ0n) is 11.7. The first kappa shape index (κ1) is 13.3. The molecule has 0 aliphatic rings. The standard InChI is InChI=1S/C13H19N5O/c1-10-5-7-15-18(10)11(2)13(19)16(3)9-12-6-8-14-17(12)4/h5-8,11H,9H2,1-4H3. The summed E-state index contributed by atoms with van der Waals surface area (Å²) in [6.45, 7) is 4.35. The third kappa shape index (κ3) is 2.67. The predicted octanol–water partition coefficient (Wildman–Crippen LogP) is 1.14. The number of carbonyl (C=O) groups excluding carboxylic acids is 1. The van der Waals surface area contributed by atoms with Crippen molar-refractivity contribution >= 4 is 5.91 Å². The molecule has 0 saturated heterocycles. The third-order valence-corrected chi connectivity index (χ3v) is 3.29. The van der Waals surface area contributed by atoms with Crippen LogP contribution in [0.4, 0.5) is 0 Å². The molecule has 0 radical (unpaired) electrons. The molecule has 1 amide bonds. The molecule has 0 aliphatic carbocycles. The van der Waals surface area contributed by atoms with Crippen molar-refractivity contribution in [2.45, 2.75) is 26.4 Å². The van der Waals surface area contributed by atoms with Crippen LogP contribution in [0, 0.1) is 6.92 Å². The Balaban J connectivity index is 2.07. The van der Waals surface area contributed by atoms with Crippen LogP contribution in [0.5, 0.6) is 0 Å². The van der Waals surface area contributed by atoms with Gasteiger partial charge in [0.25, 0.3) is 0 Å². The van der Waals surface area contributed by atoms with Crippen molar-refractivity contribution in [3.63, 3.8) is 0 Å². The SMILES string of the molecule is Cc1ccnn1C(C)C(=O)N(C)Cc1ccnn1C. The third-order valence-electron chi connectivity index (χ3n) is 3.29. The maximum absolute atomic E-state index is 12.4. The van der Waals surface area contributed by atoms with Crippen LogP contribution in [-0.4, -0.2) is 37.4 Å². The molecule has 102 valence electrons. The molecule has 6 heteroatoms. The summed E-state index contributed by atoms with van der Waals surface area (Å²) in [4.78, 5) is 14.1. The Morgan fingerprint density at radius 1 is 1.37 bits per heavy atom. The van der Waals surface area contributed by atoms with Gasteiger partial charge in [-0.25, -0.2) is 0 Å². The summed E-state index contributed by atoms with van der Waals surface area (Å²) >= 11 is 0. The molecule has 0 bridgehead atoms. The van der Waals surface area contributed by atoms with E-state index in [-0.39, 0.29) is 11.9 Å². The van der Waals surface area contributed by atoms with E-state index in [4.69, 9.17) is 0 Å². The first-order chi connectivity index (χ1) is 9.00. The molecule has 2 rings (SSSR count). The maximum Gasteiger partial charge on any atom is 0.247 e. The Hall–Kier alpha value is -2.11. The van der Waals surface area contributed by atoms with Gasteiger partial charge in [0, 0.05) is 32.2 Å². The maximum atomic E-state index is 12.4. The van der Waals surface area contributed by atoms with Crippen LogP contribution in [-0.2, 0) is 18.4 Å². The average Bonchev–Trinajstić information content (AvgIpc) is 2.97. The number of rotatable bonds is 4. The lowest BCUT2D eigenvalue weighted by Gasteiger charge is -2.22. The highest BCUT2D eigenvalue weighted by atomic mass is 16.2. The van der Waals surface area contributed by atoms with Gasteiger partial charge in [-0.15, -0.1) is 0 Å². The lowest BCUT2D eigenvalue weighted by atomic mass is 10.2. The molecule has 6 nitrogen and oxygen atoms in total. The Bertz CT molecular complexity index is 571. The van der Waals surface area contributed by atoms with Gasteiger partial charge in [0.2, 0.25) is 5.91 Å². The average molecular weight is 261 g/mol. The summed E-state index contributed by atoms with van der Waals surface area (Å²) in [7, 11) is 3.67. The van der Waals surface area contributed by atoms with Gasteiger partial charge in [-0.1, -0.05) is 0 Å².